The quantitative estimate of drug-likeness (QED) is 0.458. The molecule has 0 saturated carbocycles. The molecule has 0 aliphatic rings. The van der Waals surface area contributed by atoms with Crippen LogP contribution in [0.4, 0.5) is 14.5 Å². The van der Waals surface area contributed by atoms with E-state index in [9.17, 15) is 26.8 Å². The molecule has 2 aromatic heterocycles. The monoisotopic (exact) mass is 475 g/mol. The van der Waals surface area contributed by atoms with Crippen LogP contribution < -0.4 is 10.9 Å². The topological polar surface area (TPSA) is 98.1 Å². The number of fused-ring (bicyclic) bond motifs is 1. The van der Waals surface area contributed by atoms with Crippen LogP contribution in [0.5, 0.6) is 0 Å². The molecule has 7 nitrogen and oxygen atoms in total. The maximum Gasteiger partial charge on any atom is 0.341 e. The van der Waals surface area contributed by atoms with Crippen molar-refractivity contribution in [1.29, 1.82) is 0 Å². The minimum Gasteiger partial charge on any atom is -0.325 e. The number of nitrogens with one attached hydrogen (secondary N) is 1. The van der Waals surface area contributed by atoms with Crippen molar-refractivity contribution in [3.63, 3.8) is 0 Å². The zero-order chi connectivity index (χ0) is 22.9. The third-order valence-corrected chi connectivity index (χ3v) is 7.14. The summed E-state index contributed by atoms with van der Waals surface area (Å²) in [6, 6.07) is 15.7. The number of sulfone groups is 1. The second-order valence-corrected chi connectivity index (χ2v) is 9.72. The molecule has 11 heteroatoms. The lowest BCUT2D eigenvalue weighted by Crippen LogP contribution is -2.27. The maximum atomic E-state index is 12.8. The van der Waals surface area contributed by atoms with Gasteiger partial charge >= 0.3 is 5.76 Å². The van der Waals surface area contributed by atoms with Gasteiger partial charge in [-0.25, -0.2) is 13.4 Å². The summed E-state index contributed by atoms with van der Waals surface area (Å²) in [4.78, 5) is 29.7. The highest BCUT2D eigenvalue weighted by Gasteiger charge is 2.26. The van der Waals surface area contributed by atoms with Crippen molar-refractivity contribution in [3.8, 4) is 10.4 Å². The molecule has 1 N–H and O–H groups in total. The zero-order valence-corrected chi connectivity index (χ0v) is 17.9. The van der Waals surface area contributed by atoms with Gasteiger partial charge < -0.3 is 5.32 Å². The van der Waals surface area contributed by atoms with Crippen molar-refractivity contribution in [2.75, 3.05) is 5.32 Å². The Labute approximate surface area is 184 Å². The van der Waals surface area contributed by atoms with E-state index in [1.54, 1.807) is 0 Å². The smallest absolute Gasteiger partial charge is 0.325 e. The summed E-state index contributed by atoms with van der Waals surface area (Å²) in [5.41, 5.74) is 1.33. The molecule has 0 aliphatic heterocycles. The van der Waals surface area contributed by atoms with E-state index in [0.717, 1.165) is 22.6 Å². The molecule has 0 fully saturated rings. The van der Waals surface area contributed by atoms with Crippen LogP contribution in [0, 0.1) is 0 Å². The van der Waals surface area contributed by atoms with Crippen molar-refractivity contribution in [3.05, 3.63) is 77.3 Å². The molecule has 0 aliphatic carbocycles. The van der Waals surface area contributed by atoms with E-state index in [-0.39, 0.29) is 17.8 Å². The van der Waals surface area contributed by atoms with E-state index in [1.165, 1.54) is 34.4 Å². The molecule has 4 aromatic rings. The molecule has 0 spiro atoms. The minimum atomic E-state index is -4.71. The van der Waals surface area contributed by atoms with Gasteiger partial charge in [0.2, 0.25) is 15.7 Å². The summed E-state index contributed by atoms with van der Waals surface area (Å²) in [7, 11) is -4.71. The summed E-state index contributed by atoms with van der Waals surface area (Å²) >= 11 is 1.28. The molecule has 0 saturated heterocycles. The van der Waals surface area contributed by atoms with Gasteiger partial charge in [-0.3, -0.25) is 14.2 Å². The number of amides is 1. The van der Waals surface area contributed by atoms with Gasteiger partial charge in [-0.15, -0.1) is 11.3 Å². The predicted molar refractivity (Wildman–Crippen MR) is 118 cm³/mol. The van der Waals surface area contributed by atoms with Crippen LogP contribution in [0.1, 0.15) is 0 Å². The number of anilines is 1. The lowest BCUT2D eigenvalue weighted by atomic mass is 10.2. The van der Waals surface area contributed by atoms with Gasteiger partial charge in [-0.2, -0.15) is 8.78 Å². The number of nitrogens with zero attached hydrogens (tertiary/aromatic N) is 2. The average molecular weight is 475 g/mol. The molecule has 0 bridgehead atoms. The zero-order valence-electron chi connectivity index (χ0n) is 16.2. The first kappa shape index (κ1) is 21.8. The number of thiophene rings is 1. The molecule has 32 heavy (non-hydrogen) atoms. The van der Waals surface area contributed by atoms with E-state index >= 15 is 0 Å². The number of carbonyl (C=O) groups is 1. The van der Waals surface area contributed by atoms with Gasteiger partial charge in [0.05, 0.1) is 16.7 Å². The van der Waals surface area contributed by atoms with E-state index < -0.39 is 26.4 Å². The average Bonchev–Trinajstić information content (AvgIpc) is 3.22. The van der Waals surface area contributed by atoms with Crippen LogP contribution >= 0.6 is 11.3 Å². The number of rotatable bonds is 6. The van der Waals surface area contributed by atoms with Gasteiger partial charge in [0, 0.05) is 10.6 Å². The molecule has 2 aromatic carbocycles. The van der Waals surface area contributed by atoms with E-state index in [0.29, 0.717) is 10.2 Å². The number of carbonyl (C=O) groups excluding carboxylic acids is 1. The maximum absolute atomic E-state index is 12.8. The highest BCUT2D eigenvalue weighted by molar-refractivity contribution is 7.91. The minimum absolute atomic E-state index is 0.202. The normalized spacial score (nSPS) is 11.7. The molecule has 4 rings (SSSR count). The summed E-state index contributed by atoms with van der Waals surface area (Å²) in [5.74, 6) is -4.09. The van der Waals surface area contributed by atoms with Crippen LogP contribution in [-0.4, -0.2) is 29.6 Å². The summed E-state index contributed by atoms with van der Waals surface area (Å²) in [5, 5.41) is 2.50. The third-order valence-electron chi connectivity index (χ3n) is 4.58. The van der Waals surface area contributed by atoms with Crippen LogP contribution in [0.3, 0.4) is 0 Å². The second-order valence-electron chi connectivity index (χ2n) is 6.75. The first-order chi connectivity index (χ1) is 15.3. The summed E-state index contributed by atoms with van der Waals surface area (Å²) in [6.45, 7) is -0.322. The van der Waals surface area contributed by atoms with Crippen molar-refractivity contribution < 1.29 is 22.0 Å². The number of hydrogen-bond acceptors (Lipinski definition) is 6. The Balaban J connectivity index is 1.51. The van der Waals surface area contributed by atoms with Crippen LogP contribution in [0.25, 0.3) is 20.7 Å². The standard InChI is InChI=1S/C21H15F2N3O4S2/c22-21(23)32(29,30)15-8-6-14(7-9-15)25-18(27)11-26-12-24-16-10-17(31-19(16)20(26)28)13-4-2-1-3-5-13/h1-10,12,21H,11H2,(H,25,27). The van der Waals surface area contributed by atoms with Gasteiger partial charge in [-0.1, -0.05) is 30.3 Å². The Kier molecular flexibility index (Phi) is 5.85. The SMILES string of the molecule is O=C(Cn1cnc2cc(-c3ccccc3)sc2c1=O)Nc1ccc(S(=O)(=O)C(F)F)cc1. The van der Waals surface area contributed by atoms with Gasteiger partial charge in [0.15, 0.2) is 0 Å². The lowest BCUT2D eigenvalue weighted by Gasteiger charge is -2.08. The Bertz CT molecular complexity index is 1450. The number of aromatic nitrogens is 2. The van der Waals surface area contributed by atoms with Crippen LogP contribution in [0.15, 0.2) is 76.7 Å². The Hall–Kier alpha value is -3.44. The van der Waals surface area contributed by atoms with Gasteiger partial charge in [0.25, 0.3) is 5.56 Å². The Morgan fingerprint density at radius 1 is 1.09 bits per heavy atom. The fourth-order valence-electron chi connectivity index (χ4n) is 2.99. The van der Waals surface area contributed by atoms with Crippen molar-refractivity contribution >= 4 is 43.0 Å². The van der Waals surface area contributed by atoms with Crippen LogP contribution in [-0.2, 0) is 21.2 Å². The Morgan fingerprint density at radius 2 is 1.78 bits per heavy atom. The van der Waals surface area contributed by atoms with E-state index in [1.807, 2.05) is 36.4 Å². The van der Waals surface area contributed by atoms with Gasteiger partial charge in [0.1, 0.15) is 11.2 Å². The van der Waals surface area contributed by atoms with Crippen molar-refractivity contribution in [2.24, 2.45) is 0 Å². The van der Waals surface area contributed by atoms with Gasteiger partial charge in [-0.05, 0) is 35.9 Å². The van der Waals surface area contributed by atoms with E-state index in [2.05, 4.69) is 10.3 Å². The van der Waals surface area contributed by atoms with Crippen molar-refractivity contribution in [2.45, 2.75) is 17.2 Å². The number of hydrogen-bond donors (Lipinski definition) is 1. The first-order valence-electron chi connectivity index (χ1n) is 9.22. The number of halogens is 2. The fourth-order valence-corrected chi connectivity index (χ4v) is 4.77. The fraction of sp³-hybridized carbons (Fsp3) is 0.0952. The third kappa shape index (κ3) is 4.30. The lowest BCUT2D eigenvalue weighted by molar-refractivity contribution is -0.116. The largest absolute Gasteiger partial charge is 0.341 e. The summed E-state index contributed by atoms with van der Waals surface area (Å²) < 4.78 is 49.7. The highest BCUT2D eigenvalue weighted by atomic mass is 32.2. The Morgan fingerprint density at radius 3 is 2.44 bits per heavy atom. The molecular weight excluding hydrogens is 460 g/mol. The first-order valence-corrected chi connectivity index (χ1v) is 11.6. The summed E-state index contributed by atoms with van der Waals surface area (Å²) in [6.07, 6.45) is 1.28. The number of benzene rings is 2. The molecule has 164 valence electrons. The number of alkyl halides is 2. The van der Waals surface area contributed by atoms with Crippen molar-refractivity contribution in [1.82, 2.24) is 9.55 Å². The molecular formula is C21H15F2N3O4S2. The predicted octanol–water partition coefficient (Wildman–Crippen LogP) is 3.76. The van der Waals surface area contributed by atoms with Crippen LogP contribution in [0.2, 0.25) is 0 Å². The molecule has 1 amide bonds. The molecule has 2 heterocycles. The molecule has 0 atom stereocenters. The molecule has 0 radical (unpaired) electrons. The molecule has 0 unspecified atom stereocenters. The highest BCUT2D eigenvalue weighted by Crippen LogP contribution is 2.30. The van der Waals surface area contributed by atoms with E-state index in [4.69, 9.17) is 0 Å². The second kappa shape index (κ2) is 8.60.